The highest BCUT2D eigenvalue weighted by molar-refractivity contribution is 9.10. The van der Waals surface area contributed by atoms with E-state index in [4.69, 9.17) is 40.1 Å². The molecule has 21 heavy (non-hydrogen) atoms. The van der Waals surface area contributed by atoms with E-state index in [1.54, 1.807) is 6.21 Å². The predicted molar refractivity (Wildman–Crippen MR) is 89.3 cm³/mol. The second-order valence-corrected chi connectivity index (χ2v) is 5.82. The molecule has 0 radical (unpaired) electrons. The normalized spacial score (nSPS) is 10.6. The van der Waals surface area contributed by atoms with Crippen LogP contribution in [0.3, 0.4) is 0 Å². The molecule has 1 aromatic carbocycles. The molecule has 2 aromatic rings. The van der Waals surface area contributed by atoms with E-state index in [-0.39, 0.29) is 26.6 Å². The molecule has 0 aliphatic heterocycles. The topological polar surface area (TPSA) is 61.1 Å². The van der Waals surface area contributed by atoms with E-state index in [9.17, 15) is 0 Å². The van der Waals surface area contributed by atoms with Gasteiger partial charge in [0.05, 0.1) is 11.2 Å². The lowest BCUT2D eigenvalue weighted by Gasteiger charge is -2.06. The summed E-state index contributed by atoms with van der Waals surface area (Å²) >= 11 is 21.1. The molecule has 2 rings (SSSR count). The van der Waals surface area contributed by atoms with Crippen LogP contribution in [0, 0.1) is 11.3 Å². The molecule has 0 bridgehead atoms. The van der Waals surface area contributed by atoms with Crippen molar-refractivity contribution in [3.63, 3.8) is 0 Å². The lowest BCUT2D eigenvalue weighted by atomic mass is 10.2. The third kappa shape index (κ3) is 3.86. The zero-order valence-electron chi connectivity index (χ0n) is 10.2. The third-order valence-electron chi connectivity index (χ3n) is 2.40. The molecule has 0 saturated carbocycles. The van der Waals surface area contributed by atoms with Gasteiger partial charge in [0, 0.05) is 4.47 Å². The molecular formula is C13H6BrCl3N4. The number of hydrogen-bond donors (Lipinski definition) is 1. The van der Waals surface area contributed by atoms with E-state index < -0.39 is 0 Å². The Kier molecular flexibility index (Phi) is 5.43. The molecule has 4 nitrogen and oxygen atoms in total. The van der Waals surface area contributed by atoms with Crippen LogP contribution in [-0.4, -0.2) is 11.2 Å². The Morgan fingerprint density at radius 2 is 1.86 bits per heavy atom. The van der Waals surface area contributed by atoms with Gasteiger partial charge in [-0.3, -0.25) is 5.43 Å². The predicted octanol–water partition coefficient (Wildman–Crippen LogP) is 5.12. The summed E-state index contributed by atoms with van der Waals surface area (Å²) in [5.41, 5.74) is 3.56. The maximum atomic E-state index is 8.89. The fourth-order valence-electron chi connectivity index (χ4n) is 1.39. The molecule has 1 N–H and O–H groups in total. The van der Waals surface area contributed by atoms with Gasteiger partial charge in [-0.25, -0.2) is 4.98 Å². The summed E-state index contributed by atoms with van der Waals surface area (Å²) in [5.74, 6) is 0.180. The summed E-state index contributed by atoms with van der Waals surface area (Å²) in [6, 6.07) is 9.38. The standard InChI is InChI=1S/C13H6BrCl3N4/c14-8-3-1-7(2-4-8)6-19-21-13-11(16)10(15)9(5-18)12(17)20-13/h1-4,6H,(H,20,21)/b19-6-. The smallest absolute Gasteiger partial charge is 0.168 e. The molecule has 0 unspecified atom stereocenters. The second kappa shape index (κ2) is 7.10. The Bertz CT molecular complexity index is 739. The Balaban J connectivity index is 2.21. The van der Waals surface area contributed by atoms with Gasteiger partial charge in [0.25, 0.3) is 0 Å². The van der Waals surface area contributed by atoms with Crippen LogP contribution in [0.25, 0.3) is 0 Å². The minimum atomic E-state index is -0.0340. The van der Waals surface area contributed by atoms with Gasteiger partial charge in [0.15, 0.2) is 11.0 Å². The first-order valence-corrected chi connectivity index (χ1v) is 7.45. The Hall–Kier alpha value is -1.32. The SMILES string of the molecule is N#Cc1c(Cl)nc(N/N=C\c2ccc(Br)cc2)c(Cl)c1Cl. The summed E-state index contributed by atoms with van der Waals surface area (Å²) in [6.07, 6.45) is 1.59. The number of benzene rings is 1. The van der Waals surface area contributed by atoms with Crippen molar-refractivity contribution in [1.29, 1.82) is 5.26 Å². The van der Waals surface area contributed by atoms with Gasteiger partial charge >= 0.3 is 0 Å². The van der Waals surface area contributed by atoms with Crippen molar-refractivity contribution < 1.29 is 0 Å². The van der Waals surface area contributed by atoms with Gasteiger partial charge in [-0.2, -0.15) is 10.4 Å². The largest absolute Gasteiger partial charge is 0.260 e. The fourth-order valence-corrected chi connectivity index (χ4v) is 2.33. The van der Waals surface area contributed by atoms with Crippen LogP contribution in [0.1, 0.15) is 11.1 Å². The van der Waals surface area contributed by atoms with E-state index in [1.807, 2.05) is 30.3 Å². The minimum Gasteiger partial charge on any atom is -0.260 e. The number of nitrogens with zero attached hydrogens (tertiary/aromatic N) is 3. The zero-order chi connectivity index (χ0) is 15.4. The van der Waals surface area contributed by atoms with E-state index in [0.29, 0.717) is 0 Å². The van der Waals surface area contributed by atoms with E-state index in [0.717, 1.165) is 10.0 Å². The highest BCUT2D eigenvalue weighted by Gasteiger charge is 2.15. The molecule has 1 heterocycles. The molecule has 8 heteroatoms. The maximum absolute atomic E-state index is 8.89. The number of hydrazone groups is 1. The monoisotopic (exact) mass is 402 g/mol. The Morgan fingerprint density at radius 3 is 2.48 bits per heavy atom. The zero-order valence-corrected chi connectivity index (χ0v) is 14.1. The highest BCUT2D eigenvalue weighted by Crippen LogP contribution is 2.34. The first-order chi connectivity index (χ1) is 10.0. The van der Waals surface area contributed by atoms with Gasteiger partial charge in [-0.1, -0.05) is 62.9 Å². The second-order valence-electron chi connectivity index (χ2n) is 3.79. The van der Waals surface area contributed by atoms with E-state index in [1.165, 1.54) is 0 Å². The van der Waals surface area contributed by atoms with Crippen LogP contribution in [0.15, 0.2) is 33.8 Å². The van der Waals surface area contributed by atoms with Crippen LogP contribution in [0.2, 0.25) is 15.2 Å². The van der Waals surface area contributed by atoms with E-state index >= 15 is 0 Å². The minimum absolute atomic E-state index is 0.0331. The van der Waals surface area contributed by atoms with Crippen molar-refractivity contribution in [2.24, 2.45) is 5.10 Å². The molecule has 0 saturated heterocycles. The maximum Gasteiger partial charge on any atom is 0.168 e. The third-order valence-corrected chi connectivity index (χ3v) is 4.05. The van der Waals surface area contributed by atoms with Gasteiger partial charge in [0.2, 0.25) is 0 Å². The number of nitriles is 1. The fraction of sp³-hybridized carbons (Fsp3) is 0. The quantitative estimate of drug-likeness (QED) is 0.439. The molecule has 106 valence electrons. The highest BCUT2D eigenvalue weighted by atomic mass is 79.9. The van der Waals surface area contributed by atoms with E-state index in [2.05, 4.69) is 31.4 Å². The molecule has 1 aromatic heterocycles. The van der Waals surface area contributed by atoms with Gasteiger partial charge < -0.3 is 0 Å². The molecule has 0 spiro atoms. The van der Waals surface area contributed by atoms with Crippen molar-refractivity contribution in [3.8, 4) is 6.07 Å². The summed E-state index contributed by atoms with van der Waals surface area (Å²) < 4.78 is 0.975. The number of rotatable bonds is 3. The average Bonchev–Trinajstić information content (AvgIpc) is 2.47. The first-order valence-electron chi connectivity index (χ1n) is 5.52. The van der Waals surface area contributed by atoms with Crippen molar-refractivity contribution in [3.05, 3.63) is 55.1 Å². The lowest BCUT2D eigenvalue weighted by Crippen LogP contribution is -1.97. The number of anilines is 1. The molecule has 0 aliphatic rings. The van der Waals surface area contributed by atoms with Crippen LogP contribution in [0.4, 0.5) is 5.82 Å². The van der Waals surface area contributed by atoms with Crippen LogP contribution >= 0.6 is 50.7 Å². The van der Waals surface area contributed by atoms with Crippen molar-refractivity contribution >= 4 is 62.8 Å². The number of hydrogen-bond acceptors (Lipinski definition) is 4. The summed E-state index contributed by atoms with van der Waals surface area (Å²) in [4.78, 5) is 3.94. The van der Waals surface area contributed by atoms with Crippen LogP contribution in [-0.2, 0) is 0 Å². The van der Waals surface area contributed by atoms with Crippen molar-refractivity contribution in [1.82, 2.24) is 4.98 Å². The summed E-state index contributed by atoms with van der Waals surface area (Å²) in [6.45, 7) is 0. The molecule has 0 amide bonds. The van der Waals surface area contributed by atoms with Gasteiger partial charge in [-0.05, 0) is 17.7 Å². The first kappa shape index (κ1) is 16.1. The average molecular weight is 404 g/mol. The van der Waals surface area contributed by atoms with Crippen molar-refractivity contribution in [2.75, 3.05) is 5.43 Å². The molecule has 0 fully saturated rings. The van der Waals surface area contributed by atoms with Crippen LogP contribution in [0.5, 0.6) is 0 Å². The van der Waals surface area contributed by atoms with Crippen LogP contribution < -0.4 is 5.43 Å². The number of pyridine rings is 1. The van der Waals surface area contributed by atoms with Gasteiger partial charge in [0.1, 0.15) is 16.7 Å². The Morgan fingerprint density at radius 1 is 1.19 bits per heavy atom. The number of aromatic nitrogens is 1. The number of nitrogens with one attached hydrogen (secondary N) is 1. The lowest BCUT2D eigenvalue weighted by molar-refractivity contribution is 1.22. The molecular weight excluding hydrogens is 398 g/mol. The van der Waals surface area contributed by atoms with Gasteiger partial charge in [-0.15, -0.1) is 0 Å². The Labute approximate surface area is 144 Å². The molecule has 0 atom stereocenters. The van der Waals surface area contributed by atoms with Crippen molar-refractivity contribution in [2.45, 2.75) is 0 Å². The summed E-state index contributed by atoms with van der Waals surface area (Å²) in [7, 11) is 0. The number of halogens is 4. The molecule has 0 aliphatic carbocycles. The summed E-state index contributed by atoms with van der Waals surface area (Å²) in [5, 5.41) is 13.0.